The normalized spacial score (nSPS) is 19.8. The highest BCUT2D eigenvalue weighted by Crippen LogP contribution is 2.58. The van der Waals surface area contributed by atoms with E-state index in [9.17, 15) is 36.2 Å². The first-order valence-corrected chi connectivity index (χ1v) is 15.0. The Bertz CT molecular complexity index is 1880. The number of rotatable bonds is 7. The molecule has 6 rings (SSSR count). The summed E-state index contributed by atoms with van der Waals surface area (Å²) in [6.45, 7) is 1.78. The summed E-state index contributed by atoms with van der Waals surface area (Å²) in [7, 11) is 0. The molecule has 2 unspecified atom stereocenters. The molecule has 1 aliphatic carbocycles. The van der Waals surface area contributed by atoms with Gasteiger partial charge in [-0.3, -0.25) is 4.90 Å². The standard InChI is InChI=1S/C31H24F6N6O3S/c1-17-2-9-21(22-14-30(22,33)34)25(12-17)43-27(44)15-47-29(43)40-28(45)39-24-10-3-18(13-23(24)32)4-11-26-38-16-42(41-26)19-5-7-20(8-6-19)46-31(35,36)37/h2-13,16,22,27,44H,14-15H2,1H3,(H,39,45)/b11-4+,40-29-. The molecule has 2 fully saturated rings. The number of anilines is 2. The van der Waals surface area contributed by atoms with Crippen LogP contribution in [0.4, 0.5) is 42.5 Å². The number of halogens is 6. The second-order valence-electron chi connectivity index (χ2n) is 10.7. The van der Waals surface area contributed by atoms with Crippen LogP contribution in [-0.4, -0.2) is 55.3 Å². The number of urea groups is 1. The highest BCUT2D eigenvalue weighted by molar-refractivity contribution is 8.14. The molecule has 3 aromatic carbocycles. The van der Waals surface area contributed by atoms with Crippen molar-refractivity contribution >= 4 is 46.5 Å². The zero-order valence-electron chi connectivity index (χ0n) is 24.3. The third-order valence-electron chi connectivity index (χ3n) is 7.21. The van der Waals surface area contributed by atoms with Gasteiger partial charge in [0.2, 0.25) is 0 Å². The minimum absolute atomic E-state index is 0.0864. The van der Waals surface area contributed by atoms with Crippen LogP contribution in [0.2, 0.25) is 0 Å². The minimum Gasteiger partial charge on any atom is -0.406 e. The first kappa shape index (κ1) is 32.1. The number of thioether (sulfide) groups is 1. The number of benzene rings is 3. The molecule has 1 aromatic heterocycles. The molecule has 16 heteroatoms. The molecule has 2 atom stereocenters. The van der Waals surface area contributed by atoms with Gasteiger partial charge >= 0.3 is 12.4 Å². The lowest BCUT2D eigenvalue weighted by molar-refractivity contribution is -0.274. The molecule has 244 valence electrons. The summed E-state index contributed by atoms with van der Waals surface area (Å²) in [6.07, 6.45) is -1.86. The van der Waals surface area contributed by atoms with Crippen molar-refractivity contribution < 1.29 is 41.0 Å². The van der Waals surface area contributed by atoms with Crippen molar-refractivity contribution in [3.05, 3.63) is 95.3 Å². The van der Waals surface area contributed by atoms with Gasteiger partial charge in [0.15, 0.2) is 11.0 Å². The third-order valence-corrected chi connectivity index (χ3v) is 8.22. The smallest absolute Gasteiger partial charge is 0.406 e. The first-order chi connectivity index (χ1) is 22.3. The quantitative estimate of drug-likeness (QED) is 0.197. The third kappa shape index (κ3) is 7.44. The molecule has 1 saturated heterocycles. The van der Waals surface area contributed by atoms with Crippen molar-refractivity contribution in [2.75, 3.05) is 16.0 Å². The van der Waals surface area contributed by atoms with Gasteiger partial charge < -0.3 is 15.2 Å². The highest BCUT2D eigenvalue weighted by Gasteiger charge is 2.58. The lowest BCUT2D eigenvalue weighted by atomic mass is 10.0. The van der Waals surface area contributed by atoms with Gasteiger partial charge in [0.1, 0.15) is 24.1 Å². The fourth-order valence-electron chi connectivity index (χ4n) is 4.89. The molecule has 4 aromatic rings. The maximum atomic E-state index is 14.9. The van der Waals surface area contributed by atoms with Crippen molar-refractivity contribution in [1.82, 2.24) is 14.8 Å². The van der Waals surface area contributed by atoms with E-state index in [4.69, 9.17) is 0 Å². The number of carbonyl (C=O) groups is 1. The van der Waals surface area contributed by atoms with Crippen LogP contribution in [0.25, 0.3) is 17.8 Å². The topological polar surface area (TPSA) is 105 Å². The van der Waals surface area contributed by atoms with Crippen LogP contribution < -0.4 is 15.0 Å². The van der Waals surface area contributed by atoms with E-state index >= 15 is 0 Å². The monoisotopic (exact) mass is 674 g/mol. The van der Waals surface area contributed by atoms with Crippen LogP contribution >= 0.6 is 11.8 Å². The number of ether oxygens (including phenoxy) is 1. The number of nitrogens with zero attached hydrogens (tertiary/aromatic N) is 5. The Labute approximate surface area is 267 Å². The van der Waals surface area contributed by atoms with E-state index in [2.05, 4.69) is 25.1 Å². The molecule has 2 aliphatic rings. The van der Waals surface area contributed by atoms with Gasteiger partial charge in [-0.15, -0.1) is 18.3 Å². The average molecular weight is 675 g/mol. The number of hydrogen-bond donors (Lipinski definition) is 2. The Morgan fingerprint density at radius 2 is 1.87 bits per heavy atom. The summed E-state index contributed by atoms with van der Waals surface area (Å²) in [5.74, 6) is -4.62. The Balaban J connectivity index is 1.12. The van der Waals surface area contributed by atoms with E-state index in [-0.39, 0.29) is 34.6 Å². The van der Waals surface area contributed by atoms with Crippen molar-refractivity contribution in [3.63, 3.8) is 0 Å². The van der Waals surface area contributed by atoms with E-state index in [0.29, 0.717) is 22.5 Å². The molecule has 0 spiro atoms. The number of amidine groups is 1. The van der Waals surface area contributed by atoms with Gasteiger partial charge in [-0.05, 0) is 72.2 Å². The Morgan fingerprint density at radius 3 is 2.55 bits per heavy atom. The van der Waals surface area contributed by atoms with Gasteiger partial charge in [0.25, 0.3) is 5.92 Å². The molecule has 1 saturated carbocycles. The second kappa shape index (κ2) is 12.4. The second-order valence-corrected chi connectivity index (χ2v) is 11.7. The van der Waals surface area contributed by atoms with Gasteiger partial charge in [-0.1, -0.05) is 36.0 Å². The number of aliphatic imine (C=N–C) groups is 1. The SMILES string of the molecule is Cc1ccc(C2CC2(F)F)c(N2/C(=N/C(=O)Nc3ccc(/C=C/c4ncn(-c5ccc(OC(F)(F)F)cc5)n4)cc3F)SCC2O)c1. The number of hydrogen-bond acceptors (Lipinski definition) is 6. The fourth-order valence-corrected chi connectivity index (χ4v) is 5.85. The minimum atomic E-state index is -4.81. The average Bonchev–Trinajstić information content (AvgIpc) is 3.29. The van der Waals surface area contributed by atoms with Crippen molar-refractivity contribution in [1.29, 1.82) is 0 Å². The van der Waals surface area contributed by atoms with E-state index in [1.165, 1.54) is 52.3 Å². The van der Waals surface area contributed by atoms with Crippen molar-refractivity contribution in [2.24, 2.45) is 4.99 Å². The van der Waals surface area contributed by atoms with Crippen LogP contribution in [0.1, 0.15) is 34.9 Å². The highest BCUT2D eigenvalue weighted by atomic mass is 32.2. The van der Waals surface area contributed by atoms with E-state index < -0.39 is 36.3 Å². The molecule has 9 nitrogen and oxygen atoms in total. The van der Waals surface area contributed by atoms with Crippen molar-refractivity contribution in [2.45, 2.75) is 37.8 Å². The maximum absolute atomic E-state index is 14.9. The first-order valence-electron chi connectivity index (χ1n) is 14.0. The number of aryl methyl sites for hydroxylation is 1. The van der Waals surface area contributed by atoms with Crippen molar-refractivity contribution in [3.8, 4) is 11.4 Å². The summed E-state index contributed by atoms with van der Waals surface area (Å²) in [5.41, 5.74) is 2.13. The predicted octanol–water partition coefficient (Wildman–Crippen LogP) is 7.37. The van der Waals surface area contributed by atoms with E-state index in [1.54, 1.807) is 25.1 Å². The van der Waals surface area contributed by atoms with Crippen LogP contribution in [0.15, 0.2) is 72.0 Å². The molecule has 0 radical (unpaired) electrons. The Kier molecular flexibility index (Phi) is 8.48. The number of aliphatic hydroxyl groups excluding tert-OH is 1. The lowest BCUT2D eigenvalue weighted by Crippen LogP contribution is -2.35. The largest absolute Gasteiger partial charge is 0.573 e. The number of aliphatic hydroxyl groups is 1. The molecular weight excluding hydrogens is 650 g/mol. The fraction of sp³-hybridized carbons (Fsp3) is 0.226. The zero-order chi connectivity index (χ0) is 33.5. The molecule has 0 bridgehead atoms. The molecule has 2 amide bonds. The number of alkyl halides is 5. The predicted molar refractivity (Wildman–Crippen MR) is 164 cm³/mol. The molecule has 47 heavy (non-hydrogen) atoms. The summed E-state index contributed by atoms with van der Waals surface area (Å²) >= 11 is 1.07. The summed E-state index contributed by atoms with van der Waals surface area (Å²) < 4.78 is 85.2. The number of aromatic nitrogens is 3. The number of amides is 2. The maximum Gasteiger partial charge on any atom is 0.573 e. The van der Waals surface area contributed by atoms with Crippen LogP contribution in [0.5, 0.6) is 5.75 Å². The summed E-state index contributed by atoms with van der Waals surface area (Å²) in [4.78, 5) is 22.3. The summed E-state index contributed by atoms with van der Waals surface area (Å²) in [5, 5.41) is 17.3. The molecular formula is C31H24F6N6O3S. The number of carbonyl (C=O) groups excluding carboxylic acids is 1. The van der Waals surface area contributed by atoms with E-state index in [0.717, 1.165) is 35.5 Å². The Morgan fingerprint density at radius 1 is 1.13 bits per heavy atom. The van der Waals surface area contributed by atoms with Gasteiger partial charge in [0, 0.05) is 17.9 Å². The van der Waals surface area contributed by atoms with Gasteiger partial charge in [-0.25, -0.2) is 27.6 Å². The molecule has 2 N–H and O–H groups in total. The van der Waals surface area contributed by atoms with Crippen LogP contribution in [0.3, 0.4) is 0 Å². The van der Waals surface area contributed by atoms with Crippen LogP contribution in [-0.2, 0) is 0 Å². The Hall–Kier alpha value is -4.83. The molecule has 2 heterocycles. The molecule has 1 aliphatic heterocycles. The zero-order valence-corrected chi connectivity index (χ0v) is 25.1. The number of nitrogens with one attached hydrogen (secondary N) is 1. The van der Waals surface area contributed by atoms with Crippen LogP contribution in [0, 0.1) is 12.7 Å². The summed E-state index contributed by atoms with van der Waals surface area (Å²) in [6, 6.07) is 13.1. The van der Waals surface area contributed by atoms with Gasteiger partial charge in [-0.2, -0.15) is 4.99 Å². The van der Waals surface area contributed by atoms with Gasteiger partial charge in [0.05, 0.1) is 17.3 Å². The van der Waals surface area contributed by atoms with E-state index in [1.807, 2.05) is 0 Å². The lowest BCUT2D eigenvalue weighted by Gasteiger charge is -2.25.